The first-order valence-corrected chi connectivity index (χ1v) is 15.3. The maximum Gasteiger partial charge on any atom is 0.408 e. The number of nitrogens with one attached hydrogen (secondary N) is 2. The summed E-state index contributed by atoms with van der Waals surface area (Å²) in [6.45, 7) is 18.0. The van der Waals surface area contributed by atoms with E-state index in [-0.39, 0.29) is 18.4 Å². The Kier molecular flexibility index (Phi) is 10.9. The van der Waals surface area contributed by atoms with E-state index in [0.717, 1.165) is 16.7 Å². The molecule has 0 bridgehead atoms. The number of alkyl carbamates (subject to hydrolysis) is 1. The van der Waals surface area contributed by atoms with Gasteiger partial charge >= 0.3 is 12.1 Å². The molecule has 1 aliphatic carbocycles. The molecular formula is C35H49N3O6. The van der Waals surface area contributed by atoms with E-state index in [1.165, 1.54) is 0 Å². The first-order chi connectivity index (χ1) is 20.3. The summed E-state index contributed by atoms with van der Waals surface area (Å²) in [5.74, 6) is -1.33. The van der Waals surface area contributed by atoms with Crippen molar-refractivity contribution in [2.45, 2.75) is 117 Å². The van der Waals surface area contributed by atoms with E-state index in [1.54, 1.807) is 53.4 Å². The van der Waals surface area contributed by atoms with Gasteiger partial charge in [0.05, 0.1) is 0 Å². The second kappa shape index (κ2) is 13.8. The van der Waals surface area contributed by atoms with Crippen LogP contribution in [0.3, 0.4) is 0 Å². The molecule has 5 unspecified atom stereocenters. The Morgan fingerprint density at radius 2 is 1.43 bits per heavy atom. The predicted molar refractivity (Wildman–Crippen MR) is 170 cm³/mol. The summed E-state index contributed by atoms with van der Waals surface area (Å²) in [5, 5.41) is 5.59. The van der Waals surface area contributed by atoms with Crippen LogP contribution in [-0.4, -0.2) is 58.1 Å². The van der Waals surface area contributed by atoms with Crippen molar-refractivity contribution in [1.29, 1.82) is 0 Å². The Morgan fingerprint density at radius 1 is 0.886 bits per heavy atom. The molecule has 2 aromatic rings. The molecule has 2 aromatic carbocycles. The van der Waals surface area contributed by atoms with Crippen molar-refractivity contribution in [3.8, 4) is 0 Å². The molecule has 3 amide bonds. The van der Waals surface area contributed by atoms with E-state index in [0.29, 0.717) is 12.0 Å². The van der Waals surface area contributed by atoms with E-state index in [9.17, 15) is 19.2 Å². The molecule has 0 aliphatic heterocycles. The molecule has 9 nitrogen and oxygen atoms in total. The maximum atomic E-state index is 14.4. The number of aryl methyl sites for hydroxylation is 2. The van der Waals surface area contributed by atoms with Crippen LogP contribution in [-0.2, 0) is 30.3 Å². The highest BCUT2D eigenvalue weighted by atomic mass is 16.6. The topological polar surface area (TPSA) is 114 Å². The van der Waals surface area contributed by atoms with Gasteiger partial charge in [-0.1, -0.05) is 66.6 Å². The van der Waals surface area contributed by atoms with Gasteiger partial charge in [0.15, 0.2) is 0 Å². The third-order valence-electron chi connectivity index (χ3n) is 7.16. The monoisotopic (exact) mass is 607 g/mol. The van der Waals surface area contributed by atoms with Crippen molar-refractivity contribution in [3.05, 3.63) is 70.8 Å². The standard InChI is InChI=1S/C35H49N3O6/c1-21-16-22(2)18-26(17-21)29(38(28-19-23(28)3)31(40)24(4)36-33(42)44-35(8,9)10)30(39)37-27(32(41)43-34(5,6)7)20-25-14-12-11-13-15-25/h11-18,23-24,27-29H,19-20H2,1-10H3,(H,36,42)(H,37,39). The molecule has 1 saturated carbocycles. The van der Waals surface area contributed by atoms with Gasteiger partial charge in [0.1, 0.15) is 29.3 Å². The SMILES string of the molecule is Cc1cc(C)cc(C(C(=O)NC(Cc2ccccc2)C(=O)OC(C)(C)C)N(C(=O)C(C)NC(=O)OC(C)(C)C)C2CC2C)c1. The molecule has 0 heterocycles. The van der Waals surface area contributed by atoms with Crippen LogP contribution in [0.5, 0.6) is 0 Å². The highest BCUT2D eigenvalue weighted by Gasteiger charge is 2.48. The summed E-state index contributed by atoms with van der Waals surface area (Å²) >= 11 is 0. The van der Waals surface area contributed by atoms with Gasteiger partial charge < -0.3 is 25.0 Å². The zero-order chi connectivity index (χ0) is 33.0. The van der Waals surface area contributed by atoms with Crippen LogP contribution in [0.25, 0.3) is 0 Å². The molecule has 44 heavy (non-hydrogen) atoms. The highest BCUT2D eigenvalue weighted by molar-refractivity contribution is 5.94. The molecule has 1 fully saturated rings. The van der Waals surface area contributed by atoms with Crippen LogP contribution in [0.4, 0.5) is 4.79 Å². The van der Waals surface area contributed by atoms with Gasteiger partial charge in [0, 0.05) is 12.5 Å². The lowest BCUT2D eigenvalue weighted by Gasteiger charge is -2.35. The van der Waals surface area contributed by atoms with Gasteiger partial charge in [-0.2, -0.15) is 0 Å². The number of esters is 1. The summed E-state index contributed by atoms with van der Waals surface area (Å²) in [6, 6.07) is 11.9. The van der Waals surface area contributed by atoms with Crippen molar-refractivity contribution < 1.29 is 28.7 Å². The molecule has 2 N–H and O–H groups in total. The number of hydrogen-bond acceptors (Lipinski definition) is 6. The van der Waals surface area contributed by atoms with Crippen molar-refractivity contribution in [1.82, 2.24) is 15.5 Å². The smallest absolute Gasteiger partial charge is 0.408 e. The first-order valence-electron chi connectivity index (χ1n) is 15.3. The van der Waals surface area contributed by atoms with Gasteiger partial charge in [-0.25, -0.2) is 9.59 Å². The number of amides is 3. The minimum atomic E-state index is -1.06. The number of carbonyl (C=O) groups is 4. The third kappa shape index (κ3) is 10.1. The van der Waals surface area contributed by atoms with E-state index < -0.39 is 53.2 Å². The average Bonchev–Trinajstić information content (AvgIpc) is 3.59. The Bertz CT molecular complexity index is 1320. The van der Waals surface area contributed by atoms with E-state index in [1.807, 2.05) is 69.3 Å². The number of rotatable bonds is 10. The van der Waals surface area contributed by atoms with Gasteiger partial charge in [0.25, 0.3) is 0 Å². The maximum absolute atomic E-state index is 14.4. The molecule has 9 heteroatoms. The van der Waals surface area contributed by atoms with Crippen molar-refractivity contribution in [3.63, 3.8) is 0 Å². The molecule has 0 spiro atoms. The fourth-order valence-corrected chi connectivity index (χ4v) is 5.21. The quantitative estimate of drug-likeness (QED) is 0.342. The summed E-state index contributed by atoms with van der Waals surface area (Å²) in [7, 11) is 0. The predicted octanol–water partition coefficient (Wildman–Crippen LogP) is 5.56. The minimum Gasteiger partial charge on any atom is -0.458 e. The molecular weight excluding hydrogens is 558 g/mol. The van der Waals surface area contributed by atoms with Crippen LogP contribution in [0.2, 0.25) is 0 Å². The Balaban J connectivity index is 2.03. The van der Waals surface area contributed by atoms with Crippen LogP contribution in [0, 0.1) is 19.8 Å². The minimum absolute atomic E-state index is 0.153. The second-order valence-corrected chi connectivity index (χ2v) is 14.0. The summed E-state index contributed by atoms with van der Waals surface area (Å²) in [5.41, 5.74) is 1.83. The fourth-order valence-electron chi connectivity index (χ4n) is 5.21. The van der Waals surface area contributed by atoms with E-state index >= 15 is 0 Å². The number of nitrogens with zero attached hydrogens (tertiary/aromatic N) is 1. The third-order valence-corrected chi connectivity index (χ3v) is 7.16. The van der Waals surface area contributed by atoms with Crippen LogP contribution >= 0.6 is 0 Å². The summed E-state index contributed by atoms with van der Waals surface area (Å²) in [6.07, 6.45) is 0.201. The normalized spacial score (nSPS) is 18.3. The second-order valence-electron chi connectivity index (χ2n) is 14.0. The van der Waals surface area contributed by atoms with Gasteiger partial charge in [0.2, 0.25) is 11.8 Å². The Hall–Kier alpha value is -3.88. The lowest BCUT2D eigenvalue weighted by atomic mass is 9.97. The largest absolute Gasteiger partial charge is 0.458 e. The highest BCUT2D eigenvalue weighted by Crippen LogP contribution is 2.41. The van der Waals surface area contributed by atoms with Crippen LogP contribution in [0.1, 0.15) is 90.1 Å². The first kappa shape index (κ1) is 34.6. The van der Waals surface area contributed by atoms with E-state index in [2.05, 4.69) is 10.6 Å². The van der Waals surface area contributed by atoms with Gasteiger partial charge in [-0.05, 0) is 85.8 Å². The molecule has 5 atom stereocenters. The van der Waals surface area contributed by atoms with Crippen molar-refractivity contribution in [2.24, 2.45) is 5.92 Å². The van der Waals surface area contributed by atoms with Gasteiger partial charge in [-0.15, -0.1) is 0 Å². The molecule has 3 rings (SSSR count). The van der Waals surface area contributed by atoms with Crippen LogP contribution < -0.4 is 10.6 Å². The number of ether oxygens (including phenoxy) is 2. The lowest BCUT2D eigenvalue weighted by molar-refractivity contribution is -0.159. The number of benzene rings is 2. The Morgan fingerprint density at radius 3 is 1.93 bits per heavy atom. The molecule has 0 radical (unpaired) electrons. The fraction of sp³-hybridized carbons (Fsp3) is 0.543. The zero-order valence-corrected chi connectivity index (χ0v) is 27.8. The average molecular weight is 608 g/mol. The Labute approximate surface area is 262 Å². The molecule has 0 aromatic heterocycles. The van der Waals surface area contributed by atoms with Crippen molar-refractivity contribution >= 4 is 23.9 Å². The van der Waals surface area contributed by atoms with Crippen LogP contribution in [0.15, 0.2) is 48.5 Å². The number of carbonyl (C=O) groups excluding carboxylic acids is 4. The van der Waals surface area contributed by atoms with Gasteiger partial charge in [-0.3, -0.25) is 9.59 Å². The lowest BCUT2D eigenvalue weighted by Crippen LogP contribution is -2.55. The number of hydrogen-bond donors (Lipinski definition) is 2. The zero-order valence-electron chi connectivity index (χ0n) is 27.8. The molecule has 240 valence electrons. The van der Waals surface area contributed by atoms with E-state index in [4.69, 9.17) is 9.47 Å². The summed E-state index contributed by atoms with van der Waals surface area (Å²) in [4.78, 5) is 56.2. The summed E-state index contributed by atoms with van der Waals surface area (Å²) < 4.78 is 11.1. The molecule has 1 aliphatic rings. The van der Waals surface area contributed by atoms with Crippen molar-refractivity contribution in [2.75, 3.05) is 0 Å². The molecule has 0 saturated heterocycles.